The van der Waals surface area contributed by atoms with E-state index >= 15 is 0 Å². The molecule has 11 heteroatoms. The molecule has 0 amide bonds. The van der Waals surface area contributed by atoms with Gasteiger partial charge in [0.25, 0.3) is 0 Å². The Morgan fingerprint density at radius 3 is 2.30 bits per heavy atom. The van der Waals surface area contributed by atoms with Crippen LogP contribution in [0.3, 0.4) is 0 Å². The van der Waals surface area contributed by atoms with Gasteiger partial charge >= 0.3 is 0 Å². The maximum atomic E-state index is 6.07. The van der Waals surface area contributed by atoms with E-state index in [2.05, 4.69) is 42.4 Å². The van der Waals surface area contributed by atoms with Crippen molar-refractivity contribution in [2.45, 2.75) is 6.92 Å². The number of benzene rings is 1. The first-order valence-corrected chi connectivity index (χ1v) is 9.38. The van der Waals surface area contributed by atoms with Gasteiger partial charge in [-0.2, -0.15) is 4.98 Å². The number of oxime groups is 1. The molecule has 0 radical (unpaired) electrons. The summed E-state index contributed by atoms with van der Waals surface area (Å²) in [5, 5.41) is 6.97. The molecule has 0 unspecified atom stereocenters. The van der Waals surface area contributed by atoms with E-state index in [1.807, 2.05) is 26.1 Å². The predicted octanol–water partition coefficient (Wildman–Crippen LogP) is 1.69. The van der Waals surface area contributed by atoms with E-state index in [0.29, 0.717) is 12.4 Å². The quantitative estimate of drug-likeness (QED) is 0.327. The zero-order valence-corrected chi connectivity index (χ0v) is 18.9. The summed E-state index contributed by atoms with van der Waals surface area (Å²) < 4.78 is 0. The largest absolute Gasteiger partial charge is 0.394 e. The lowest BCUT2D eigenvalue weighted by molar-refractivity contribution is 0.149. The number of anilines is 4. The van der Waals surface area contributed by atoms with Crippen LogP contribution in [-0.2, 0) is 4.84 Å². The van der Waals surface area contributed by atoms with Crippen molar-refractivity contribution >= 4 is 54.2 Å². The fraction of sp³-hybridized carbons (Fsp3) is 0.421. The Morgan fingerprint density at radius 1 is 1.07 bits per heavy atom. The molecule has 2 heterocycles. The van der Waals surface area contributed by atoms with Gasteiger partial charge < -0.3 is 31.4 Å². The van der Waals surface area contributed by atoms with Gasteiger partial charge in [-0.05, 0) is 31.7 Å². The molecule has 1 aliphatic rings. The molecule has 0 bridgehead atoms. The predicted molar refractivity (Wildman–Crippen MR) is 128 cm³/mol. The lowest BCUT2D eigenvalue weighted by Gasteiger charge is -2.38. The van der Waals surface area contributed by atoms with Gasteiger partial charge in [0.05, 0.1) is 11.9 Å². The second kappa shape index (κ2) is 12.3. The third kappa shape index (κ3) is 6.51. The zero-order valence-electron chi connectivity index (χ0n) is 17.2. The summed E-state index contributed by atoms with van der Waals surface area (Å²) in [6.45, 7) is 6.72. The number of rotatable bonds is 7. The average Bonchev–Trinajstić information content (AvgIpc) is 2.68. The van der Waals surface area contributed by atoms with Gasteiger partial charge in [-0.3, -0.25) is 0 Å². The molecule has 0 saturated carbocycles. The Balaban J connectivity index is 0.00000225. The maximum absolute atomic E-state index is 6.07. The maximum Gasteiger partial charge on any atom is 0.222 e. The lowest BCUT2D eigenvalue weighted by atomic mass is 10.2. The topological polar surface area (TPSA) is 118 Å². The summed E-state index contributed by atoms with van der Waals surface area (Å²) in [6.07, 6.45) is 1.73. The smallest absolute Gasteiger partial charge is 0.222 e. The molecule has 1 aromatic heterocycles. The van der Waals surface area contributed by atoms with Crippen molar-refractivity contribution in [1.29, 1.82) is 0 Å². The summed E-state index contributed by atoms with van der Waals surface area (Å²) in [6, 6.07) is 8.30. The molecule has 30 heavy (non-hydrogen) atoms. The van der Waals surface area contributed by atoms with E-state index < -0.39 is 0 Å². The highest BCUT2D eigenvalue weighted by Crippen LogP contribution is 2.27. The Labute approximate surface area is 189 Å². The molecular weight excluding hydrogens is 427 g/mol. The minimum atomic E-state index is 0. The first-order valence-electron chi connectivity index (χ1n) is 9.38. The van der Waals surface area contributed by atoms with E-state index in [0.717, 1.165) is 49.7 Å². The van der Waals surface area contributed by atoms with Crippen molar-refractivity contribution in [2.75, 3.05) is 67.6 Å². The van der Waals surface area contributed by atoms with Crippen LogP contribution >= 0.6 is 24.8 Å². The van der Waals surface area contributed by atoms with Gasteiger partial charge in [0.15, 0.2) is 5.82 Å². The molecule has 5 N–H and O–H groups in total. The van der Waals surface area contributed by atoms with Crippen LogP contribution in [0.4, 0.5) is 23.1 Å². The Morgan fingerprint density at radius 2 is 1.70 bits per heavy atom. The van der Waals surface area contributed by atoms with Crippen LogP contribution in [0.2, 0.25) is 0 Å². The number of nitrogen functional groups attached to an aromatic ring is 2. The molecule has 166 valence electrons. The highest BCUT2D eigenvalue weighted by molar-refractivity contribution is 5.85. The molecule has 1 aromatic carbocycles. The highest BCUT2D eigenvalue weighted by Gasteiger charge is 2.22. The first-order chi connectivity index (χ1) is 13.6. The number of aromatic nitrogens is 2. The summed E-state index contributed by atoms with van der Waals surface area (Å²) in [5.41, 5.74) is 15.6. The van der Waals surface area contributed by atoms with Crippen molar-refractivity contribution in [3.05, 3.63) is 35.5 Å². The van der Waals surface area contributed by atoms with Crippen LogP contribution in [0, 0.1) is 6.92 Å². The summed E-state index contributed by atoms with van der Waals surface area (Å²) in [7, 11) is 1.88. The number of nitrogens with two attached hydrogens (primary N) is 2. The molecule has 0 aliphatic carbocycles. The lowest BCUT2D eigenvalue weighted by Crippen LogP contribution is -2.47. The number of nitrogens with one attached hydrogen (secondary N) is 1. The minimum absolute atomic E-state index is 0. The SMILES string of the molecule is CNCCO/N=C/c1ccc(N2CCN(c3c(C)nc(N)nc3N)CC2)cc1.Cl.Cl. The molecular formula is C19H30Cl2N8O. The zero-order chi connectivity index (χ0) is 19.9. The van der Waals surface area contributed by atoms with E-state index in [1.165, 1.54) is 5.69 Å². The van der Waals surface area contributed by atoms with Gasteiger partial charge in [-0.15, -0.1) is 24.8 Å². The van der Waals surface area contributed by atoms with Gasteiger partial charge in [0, 0.05) is 38.4 Å². The number of nitrogens with zero attached hydrogens (tertiary/aromatic N) is 5. The normalized spacial score (nSPS) is 13.7. The second-order valence-corrected chi connectivity index (χ2v) is 6.64. The summed E-state index contributed by atoms with van der Waals surface area (Å²) >= 11 is 0. The fourth-order valence-electron chi connectivity index (χ4n) is 3.26. The van der Waals surface area contributed by atoms with Crippen LogP contribution in [0.1, 0.15) is 11.3 Å². The number of aryl methyl sites for hydroxylation is 1. The number of hydrogen-bond acceptors (Lipinski definition) is 9. The minimum Gasteiger partial charge on any atom is -0.394 e. The Hall–Kier alpha value is -2.49. The van der Waals surface area contributed by atoms with E-state index in [1.54, 1.807) is 6.21 Å². The Kier molecular flexibility index (Phi) is 10.4. The second-order valence-electron chi connectivity index (χ2n) is 6.64. The molecule has 1 saturated heterocycles. The van der Waals surface area contributed by atoms with Crippen molar-refractivity contribution in [3.63, 3.8) is 0 Å². The molecule has 3 rings (SSSR count). The number of likely N-dealkylation sites (N-methyl/N-ethyl adjacent to an activating group) is 1. The molecule has 0 atom stereocenters. The average molecular weight is 457 g/mol. The molecule has 1 fully saturated rings. The Bertz CT molecular complexity index is 788. The molecule has 1 aliphatic heterocycles. The number of hydrogen-bond donors (Lipinski definition) is 3. The third-order valence-electron chi connectivity index (χ3n) is 4.68. The molecule has 2 aromatic rings. The van der Waals surface area contributed by atoms with Gasteiger partial charge in [0.2, 0.25) is 5.95 Å². The van der Waals surface area contributed by atoms with Gasteiger partial charge in [0.1, 0.15) is 12.3 Å². The van der Waals surface area contributed by atoms with Crippen LogP contribution in [0.25, 0.3) is 0 Å². The van der Waals surface area contributed by atoms with Crippen molar-refractivity contribution < 1.29 is 4.84 Å². The third-order valence-corrected chi connectivity index (χ3v) is 4.68. The highest BCUT2D eigenvalue weighted by atomic mass is 35.5. The monoisotopic (exact) mass is 456 g/mol. The standard InChI is InChI=1S/C19H28N8O.2ClH/c1-14-17(18(20)25-19(21)24-14)27-10-8-26(9-11-27)16-5-3-15(4-6-16)13-23-28-12-7-22-2;;/h3-6,13,22H,7-12H2,1-2H3,(H4,20,21,24,25);2*1H/b23-13+;;. The van der Waals surface area contributed by atoms with E-state index in [4.69, 9.17) is 16.3 Å². The molecule has 0 spiro atoms. The van der Waals surface area contributed by atoms with Crippen LogP contribution in [0.15, 0.2) is 29.4 Å². The van der Waals surface area contributed by atoms with E-state index in [-0.39, 0.29) is 30.8 Å². The number of piperazine rings is 1. The number of halogens is 2. The van der Waals surface area contributed by atoms with Gasteiger partial charge in [-0.1, -0.05) is 17.3 Å². The fourth-order valence-corrected chi connectivity index (χ4v) is 3.26. The first kappa shape index (κ1) is 25.5. The van der Waals surface area contributed by atoms with Crippen molar-refractivity contribution in [1.82, 2.24) is 15.3 Å². The molecule has 9 nitrogen and oxygen atoms in total. The van der Waals surface area contributed by atoms with Crippen LogP contribution < -0.4 is 26.6 Å². The van der Waals surface area contributed by atoms with Crippen molar-refractivity contribution in [2.24, 2.45) is 5.16 Å². The van der Waals surface area contributed by atoms with Crippen LogP contribution in [0.5, 0.6) is 0 Å². The summed E-state index contributed by atoms with van der Waals surface area (Å²) in [5.74, 6) is 0.660. The van der Waals surface area contributed by atoms with Crippen molar-refractivity contribution in [3.8, 4) is 0 Å². The van der Waals surface area contributed by atoms with Gasteiger partial charge in [-0.25, -0.2) is 4.98 Å². The van der Waals surface area contributed by atoms with Crippen LogP contribution in [-0.4, -0.2) is 62.6 Å². The van der Waals surface area contributed by atoms with E-state index in [9.17, 15) is 0 Å². The summed E-state index contributed by atoms with van der Waals surface area (Å²) in [4.78, 5) is 18.1.